The number of alkyl halides is 1. The van der Waals surface area contributed by atoms with Crippen molar-refractivity contribution < 1.29 is 14.3 Å². The lowest BCUT2D eigenvalue weighted by Crippen LogP contribution is -2.30. The molecule has 0 saturated carbocycles. The van der Waals surface area contributed by atoms with E-state index in [1.165, 1.54) is 4.90 Å². The van der Waals surface area contributed by atoms with Gasteiger partial charge in [-0.15, -0.1) is 11.6 Å². The number of amides is 2. The number of carbonyl (C=O) groups is 2. The second-order valence-corrected chi connectivity index (χ2v) is 6.38. The SMILES string of the molecule is COc1ccc(CCN=C2C(=O)N(Cc3ccccc3)C(=O)C2Cl)cc1. The van der Waals surface area contributed by atoms with Crippen LogP contribution in [0.25, 0.3) is 0 Å². The molecular weight excluding hydrogens is 352 g/mol. The molecule has 0 spiro atoms. The Morgan fingerprint density at radius 3 is 2.38 bits per heavy atom. The number of hydrogen-bond donors (Lipinski definition) is 0. The highest BCUT2D eigenvalue weighted by Gasteiger charge is 2.43. The summed E-state index contributed by atoms with van der Waals surface area (Å²) in [6.07, 6.45) is 0.650. The van der Waals surface area contributed by atoms with Crippen LogP contribution in [0.4, 0.5) is 0 Å². The van der Waals surface area contributed by atoms with Crippen LogP contribution in [-0.4, -0.2) is 41.5 Å². The van der Waals surface area contributed by atoms with Gasteiger partial charge in [-0.2, -0.15) is 0 Å². The predicted octanol–water partition coefficient (Wildman–Crippen LogP) is 2.86. The number of halogens is 1. The minimum atomic E-state index is -1.01. The molecule has 2 amide bonds. The average molecular weight is 371 g/mol. The van der Waals surface area contributed by atoms with Gasteiger partial charge in [0.25, 0.3) is 11.8 Å². The molecule has 0 bridgehead atoms. The first-order chi connectivity index (χ1) is 12.6. The third-order valence-electron chi connectivity index (χ3n) is 4.21. The van der Waals surface area contributed by atoms with Crippen molar-refractivity contribution in [2.24, 2.45) is 4.99 Å². The zero-order chi connectivity index (χ0) is 18.5. The summed E-state index contributed by atoms with van der Waals surface area (Å²) in [5.74, 6) is -0.0358. The molecule has 1 fully saturated rings. The maximum atomic E-state index is 12.5. The first-order valence-corrected chi connectivity index (χ1v) is 8.75. The number of ether oxygens (including phenoxy) is 1. The van der Waals surface area contributed by atoms with E-state index >= 15 is 0 Å². The number of benzene rings is 2. The highest BCUT2D eigenvalue weighted by Crippen LogP contribution is 2.20. The number of methoxy groups -OCH3 is 1. The topological polar surface area (TPSA) is 59.0 Å². The molecule has 0 radical (unpaired) electrons. The first kappa shape index (κ1) is 18.1. The normalized spacial score (nSPS) is 18.6. The molecule has 0 N–H and O–H groups in total. The molecule has 1 heterocycles. The Morgan fingerprint density at radius 2 is 1.73 bits per heavy atom. The lowest BCUT2D eigenvalue weighted by atomic mass is 10.1. The van der Waals surface area contributed by atoms with Crippen molar-refractivity contribution in [3.8, 4) is 5.75 Å². The molecule has 6 heteroatoms. The molecule has 134 valence electrons. The molecule has 1 atom stereocenters. The third-order valence-corrected chi connectivity index (χ3v) is 4.61. The van der Waals surface area contributed by atoms with E-state index in [9.17, 15) is 9.59 Å². The number of carbonyl (C=O) groups excluding carboxylic acids is 2. The van der Waals surface area contributed by atoms with Crippen LogP contribution in [0.5, 0.6) is 5.75 Å². The second-order valence-electron chi connectivity index (χ2n) is 5.94. The van der Waals surface area contributed by atoms with Crippen LogP contribution in [0, 0.1) is 0 Å². The van der Waals surface area contributed by atoms with Crippen LogP contribution in [-0.2, 0) is 22.6 Å². The van der Waals surface area contributed by atoms with Gasteiger partial charge < -0.3 is 4.74 Å². The van der Waals surface area contributed by atoms with Crippen LogP contribution in [0.1, 0.15) is 11.1 Å². The van der Waals surface area contributed by atoms with Gasteiger partial charge in [0.15, 0.2) is 5.38 Å². The van der Waals surface area contributed by atoms with Gasteiger partial charge in [-0.05, 0) is 29.7 Å². The fourth-order valence-electron chi connectivity index (χ4n) is 2.76. The number of nitrogens with zero attached hydrogens (tertiary/aromatic N) is 2. The molecule has 3 rings (SSSR count). The van der Waals surface area contributed by atoms with Crippen LogP contribution in [0.3, 0.4) is 0 Å². The van der Waals surface area contributed by atoms with Crippen molar-refractivity contribution in [3.05, 3.63) is 65.7 Å². The Bertz CT molecular complexity index is 819. The fourth-order valence-corrected chi connectivity index (χ4v) is 3.04. The van der Waals surface area contributed by atoms with Gasteiger partial charge in [-0.1, -0.05) is 42.5 Å². The van der Waals surface area contributed by atoms with Crippen LogP contribution in [0.2, 0.25) is 0 Å². The molecule has 2 aromatic carbocycles. The van der Waals surface area contributed by atoms with Gasteiger partial charge in [0.1, 0.15) is 11.5 Å². The lowest BCUT2D eigenvalue weighted by molar-refractivity contribution is -0.137. The van der Waals surface area contributed by atoms with E-state index < -0.39 is 17.2 Å². The van der Waals surface area contributed by atoms with Crippen molar-refractivity contribution in [1.29, 1.82) is 0 Å². The number of aliphatic imine (C=N–C) groups is 1. The molecule has 1 saturated heterocycles. The first-order valence-electron chi connectivity index (χ1n) is 8.31. The summed E-state index contributed by atoms with van der Waals surface area (Å²) < 4.78 is 5.12. The van der Waals surface area contributed by atoms with Gasteiger partial charge in [0.2, 0.25) is 0 Å². The van der Waals surface area contributed by atoms with E-state index in [0.717, 1.165) is 16.9 Å². The Kier molecular flexibility index (Phi) is 5.68. The van der Waals surface area contributed by atoms with Gasteiger partial charge in [0, 0.05) is 6.54 Å². The molecule has 5 nitrogen and oxygen atoms in total. The lowest BCUT2D eigenvalue weighted by Gasteiger charge is -2.12. The number of likely N-dealkylation sites (tertiary alicyclic amines) is 1. The largest absolute Gasteiger partial charge is 0.497 e. The van der Waals surface area contributed by atoms with Gasteiger partial charge in [-0.3, -0.25) is 19.5 Å². The fraction of sp³-hybridized carbons (Fsp3) is 0.250. The highest BCUT2D eigenvalue weighted by atomic mass is 35.5. The van der Waals surface area contributed by atoms with E-state index in [2.05, 4.69) is 4.99 Å². The van der Waals surface area contributed by atoms with Crippen LogP contribution >= 0.6 is 11.6 Å². The standard InChI is InChI=1S/C20H19ClN2O3/c1-26-16-9-7-14(8-10-16)11-12-22-18-17(21)19(24)23(20(18)25)13-15-5-3-2-4-6-15/h2-10,17H,11-13H2,1H3. The van der Waals surface area contributed by atoms with Gasteiger partial charge in [0.05, 0.1) is 13.7 Å². The Hall–Kier alpha value is -2.66. The maximum Gasteiger partial charge on any atom is 0.276 e. The Labute approximate surface area is 157 Å². The minimum Gasteiger partial charge on any atom is -0.497 e. The molecule has 2 aromatic rings. The predicted molar refractivity (Wildman–Crippen MR) is 101 cm³/mol. The Balaban J connectivity index is 1.66. The molecule has 1 aliphatic heterocycles. The molecule has 1 unspecified atom stereocenters. The van der Waals surface area contributed by atoms with Crippen LogP contribution in [0.15, 0.2) is 59.6 Å². The number of rotatable bonds is 6. The number of imide groups is 1. The second kappa shape index (κ2) is 8.15. The quantitative estimate of drug-likeness (QED) is 0.580. The van der Waals surface area contributed by atoms with Crippen molar-refractivity contribution in [3.63, 3.8) is 0 Å². The number of hydrogen-bond acceptors (Lipinski definition) is 4. The van der Waals surface area contributed by atoms with E-state index in [1.807, 2.05) is 54.6 Å². The molecule has 0 aliphatic carbocycles. The smallest absolute Gasteiger partial charge is 0.276 e. The Morgan fingerprint density at radius 1 is 1.04 bits per heavy atom. The monoisotopic (exact) mass is 370 g/mol. The van der Waals surface area contributed by atoms with E-state index in [4.69, 9.17) is 16.3 Å². The summed E-state index contributed by atoms with van der Waals surface area (Å²) in [6, 6.07) is 17.0. The van der Waals surface area contributed by atoms with Crippen molar-refractivity contribution >= 4 is 29.1 Å². The summed E-state index contributed by atoms with van der Waals surface area (Å²) in [4.78, 5) is 30.3. The van der Waals surface area contributed by atoms with Crippen molar-refractivity contribution in [2.75, 3.05) is 13.7 Å². The molecule has 0 aromatic heterocycles. The van der Waals surface area contributed by atoms with E-state index in [1.54, 1.807) is 7.11 Å². The molecular formula is C20H19ClN2O3. The summed E-state index contributed by atoms with van der Waals surface area (Å²) in [5.41, 5.74) is 2.07. The van der Waals surface area contributed by atoms with E-state index in [0.29, 0.717) is 13.0 Å². The van der Waals surface area contributed by atoms with Crippen LogP contribution < -0.4 is 4.74 Å². The van der Waals surface area contributed by atoms with Crippen molar-refractivity contribution in [2.45, 2.75) is 18.3 Å². The zero-order valence-corrected chi connectivity index (χ0v) is 15.1. The highest BCUT2D eigenvalue weighted by molar-refractivity contribution is 6.63. The maximum absolute atomic E-state index is 12.5. The molecule has 1 aliphatic rings. The van der Waals surface area contributed by atoms with Gasteiger partial charge >= 0.3 is 0 Å². The summed E-state index contributed by atoms with van der Waals surface area (Å²) in [7, 11) is 1.62. The molecule has 26 heavy (non-hydrogen) atoms. The zero-order valence-electron chi connectivity index (χ0n) is 14.4. The summed E-state index contributed by atoms with van der Waals surface area (Å²) >= 11 is 6.15. The van der Waals surface area contributed by atoms with Gasteiger partial charge in [-0.25, -0.2) is 0 Å². The van der Waals surface area contributed by atoms with Crippen molar-refractivity contribution in [1.82, 2.24) is 4.90 Å². The summed E-state index contributed by atoms with van der Waals surface area (Å²) in [5, 5.41) is -1.01. The third kappa shape index (κ3) is 3.94. The van der Waals surface area contributed by atoms with E-state index in [-0.39, 0.29) is 12.3 Å². The minimum absolute atomic E-state index is 0.126. The average Bonchev–Trinajstić information content (AvgIpc) is 2.87. The summed E-state index contributed by atoms with van der Waals surface area (Å²) in [6.45, 7) is 0.600.